The molecule has 0 radical (unpaired) electrons. The highest BCUT2D eigenvalue weighted by Crippen LogP contribution is 2.35. The number of thioether (sulfide) groups is 1. The zero-order chi connectivity index (χ0) is 19.0. The molecule has 5 nitrogen and oxygen atoms in total. The van der Waals surface area contributed by atoms with E-state index in [4.69, 9.17) is 23.2 Å². The average Bonchev–Trinajstić information content (AvgIpc) is 3.03. The van der Waals surface area contributed by atoms with Crippen molar-refractivity contribution in [2.45, 2.75) is 11.7 Å². The summed E-state index contributed by atoms with van der Waals surface area (Å²) in [6, 6.07) is 5.64. The number of likely N-dealkylation sites (tertiary alicyclic amines) is 1. The van der Waals surface area contributed by atoms with E-state index in [9.17, 15) is 9.59 Å². The summed E-state index contributed by atoms with van der Waals surface area (Å²) in [4.78, 5) is 30.5. The minimum atomic E-state index is 0.152. The second kappa shape index (κ2) is 8.03. The van der Waals surface area contributed by atoms with Crippen molar-refractivity contribution < 1.29 is 9.59 Å². The molecule has 1 unspecified atom stereocenters. The Bertz CT molecular complexity index is 793. The summed E-state index contributed by atoms with van der Waals surface area (Å²) in [6.45, 7) is 4.85. The molecule has 2 fully saturated rings. The van der Waals surface area contributed by atoms with Crippen LogP contribution in [0.5, 0.6) is 0 Å². The molecule has 4 rings (SSSR count). The summed E-state index contributed by atoms with van der Waals surface area (Å²) in [5.74, 6) is 0.155. The Morgan fingerprint density at radius 2 is 1.93 bits per heavy atom. The fourth-order valence-corrected chi connectivity index (χ4v) is 5.31. The van der Waals surface area contributed by atoms with Crippen LogP contribution in [0.25, 0.3) is 0 Å². The van der Waals surface area contributed by atoms with Gasteiger partial charge >= 0.3 is 0 Å². The van der Waals surface area contributed by atoms with Crippen LogP contribution >= 0.6 is 35.0 Å². The molecule has 3 heterocycles. The predicted molar refractivity (Wildman–Crippen MR) is 111 cm³/mol. The number of fused-ring (bicyclic) bond motifs is 1. The van der Waals surface area contributed by atoms with E-state index in [0.717, 1.165) is 38.3 Å². The number of hydrogen-bond acceptors (Lipinski definition) is 5. The maximum Gasteiger partial charge on any atom is 0.236 e. The van der Waals surface area contributed by atoms with E-state index in [0.29, 0.717) is 34.9 Å². The van der Waals surface area contributed by atoms with E-state index in [1.54, 1.807) is 12.1 Å². The smallest absolute Gasteiger partial charge is 0.236 e. The summed E-state index contributed by atoms with van der Waals surface area (Å²) in [7, 11) is 0. The second-order valence-corrected chi connectivity index (χ2v) is 9.08. The van der Waals surface area contributed by atoms with Gasteiger partial charge in [-0.25, -0.2) is 0 Å². The molecule has 1 aromatic carbocycles. The van der Waals surface area contributed by atoms with Crippen molar-refractivity contribution in [3.63, 3.8) is 0 Å². The number of nitrogens with zero attached hydrogens (tertiary/aromatic N) is 3. The number of piperidine rings is 1. The number of carbonyl (C=O) groups is 2. The monoisotopic (exact) mass is 425 g/mol. The van der Waals surface area contributed by atoms with Crippen molar-refractivity contribution in [2.75, 3.05) is 50.7 Å². The molecule has 3 aliphatic rings. The molecule has 1 aromatic rings. The fourth-order valence-electron chi connectivity index (χ4n) is 3.88. The van der Waals surface area contributed by atoms with Crippen LogP contribution in [0, 0.1) is 0 Å². The standard InChI is InChI=1S/C19H21Cl2N3O2S/c20-14-2-1-3-15(19(14)21)23-6-8-24(9-7-23)17(25)12-22-5-4-16-13(11-22)10-18(26)27-16/h1-3,10,16H,4-9,11-12H2. The topological polar surface area (TPSA) is 43.9 Å². The van der Waals surface area contributed by atoms with Crippen molar-refractivity contribution >= 4 is 51.7 Å². The van der Waals surface area contributed by atoms with E-state index >= 15 is 0 Å². The molecule has 1 atom stereocenters. The highest BCUT2D eigenvalue weighted by atomic mass is 35.5. The third-order valence-electron chi connectivity index (χ3n) is 5.35. The summed E-state index contributed by atoms with van der Waals surface area (Å²) in [5.41, 5.74) is 2.10. The molecule has 8 heteroatoms. The molecule has 3 aliphatic heterocycles. The molecule has 0 bridgehead atoms. The average molecular weight is 426 g/mol. The van der Waals surface area contributed by atoms with Gasteiger partial charge in [0.05, 0.1) is 22.3 Å². The van der Waals surface area contributed by atoms with Gasteiger partial charge in [0, 0.05) is 44.5 Å². The number of halogens is 2. The van der Waals surface area contributed by atoms with Crippen LogP contribution in [0.2, 0.25) is 10.0 Å². The number of anilines is 1. The first-order valence-corrected chi connectivity index (χ1v) is 10.7. The van der Waals surface area contributed by atoms with E-state index in [1.807, 2.05) is 17.0 Å². The van der Waals surface area contributed by atoms with Gasteiger partial charge in [-0.15, -0.1) is 0 Å². The summed E-state index contributed by atoms with van der Waals surface area (Å²) >= 11 is 13.8. The van der Waals surface area contributed by atoms with Crippen LogP contribution < -0.4 is 4.90 Å². The van der Waals surface area contributed by atoms with Gasteiger partial charge in [-0.05, 0) is 30.2 Å². The van der Waals surface area contributed by atoms with E-state index in [-0.39, 0.29) is 11.0 Å². The van der Waals surface area contributed by atoms with Gasteiger partial charge in [-0.3, -0.25) is 14.5 Å². The number of rotatable bonds is 3. The Kier molecular flexibility index (Phi) is 5.69. The molecule has 0 spiro atoms. The minimum absolute atomic E-state index is 0.152. The van der Waals surface area contributed by atoms with Crippen LogP contribution in [-0.2, 0) is 9.59 Å². The largest absolute Gasteiger partial charge is 0.367 e. The zero-order valence-corrected chi connectivity index (χ0v) is 17.2. The molecule has 0 saturated carbocycles. The Labute approximate surface area is 173 Å². The lowest BCUT2D eigenvalue weighted by atomic mass is 10.0. The molecule has 0 aliphatic carbocycles. The number of hydrogen-bond donors (Lipinski definition) is 0. The van der Waals surface area contributed by atoms with Gasteiger partial charge in [0.25, 0.3) is 0 Å². The summed E-state index contributed by atoms with van der Waals surface area (Å²) in [5, 5.41) is 1.60. The van der Waals surface area contributed by atoms with Crippen molar-refractivity contribution in [2.24, 2.45) is 0 Å². The van der Waals surface area contributed by atoms with Crippen molar-refractivity contribution in [3.8, 4) is 0 Å². The van der Waals surface area contributed by atoms with Gasteiger partial charge in [0.2, 0.25) is 11.0 Å². The SMILES string of the molecule is O=C1C=C2CN(CC(=O)N3CCN(c4cccc(Cl)c4Cl)CC3)CCC2S1. The highest BCUT2D eigenvalue weighted by Gasteiger charge is 2.32. The minimum Gasteiger partial charge on any atom is -0.367 e. The Balaban J connectivity index is 1.31. The van der Waals surface area contributed by atoms with Crippen LogP contribution in [0.4, 0.5) is 5.69 Å². The number of benzene rings is 1. The van der Waals surface area contributed by atoms with Gasteiger partial charge in [-0.1, -0.05) is 41.0 Å². The first-order valence-electron chi connectivity index (χ1n) is 9.11. The number of amides is 1. The molecule has 144 valence electrons. The summed E-state index contributed by atoms with van der Waals surface area (Å²) in [6.07, 6.45) is 2.69. The van der Waals surface area contributed by atoms with Crippen molar-refractivity contribution in [3.05, 3.63) is 39.9 Å². The Hall–Kier alpha value is -1.21. The molecule has 2 saturated heterocycles. The van der Waals surface area contributed by atoms with Crippen LogP contribution in [0.15, 0.2) is 29.8 Å². The molecule has 0 N–H and O–H groups in total. The van der Waals surface area contributed by atoms with E-state index in [2.05, 4.69) is 9.80 Å². The molecule has 0 aromatic heterocycles. The maximum absolute atomic E-state index is 12.7. The third-order valence-corrected chi connectivity index (χ3v) is 7.33. The second-order valence-electron chi connectivity index (χ2n) is 7.08. The Morgan fingerprint density at radius 3 is 2.70 bits per heavy atom. The van der Waals surface area contributed by atoms with Crippen LogP contribution in [0.3, 0.4) is 0 Å². The third kappa shape index (κ3) is 4.14. The van der Waals surface area contributed by atoms with Crippen LogP contribution in [-0.4, -0.2) is 71.9 Å². The lowest BCUT2D eigenvalue weighted by molar-refractivity contribution is -0.132. The summed E-state index contributed by atoms with van der Waals surface area (Å²) < 4.78 is 0. The fraction of sp³-hybridized carbons (Fsp3) is 0.474. The first-order chi connectivity index (χ1) is 13.0. The van der Waals surface area contributed by atoms with Gasteiger partial charge in [0.15, 0.2) is 0 Å². The zero-order valence-electron chi connectivity index (χ0n) is 14.9. The number of piperazine rings is 1. The lowest BCUT2D eigenvalue weighted by Crippen LogP contribution is -2.52. The quantitative estimate of drug-likeness (QED) is 0.744. The van der Waals surface area contributed by atoms with Crippen molar-refractivity contribution in [1.82, 2.24) is 9.80 Å². The van der Waals surface area contributed by atoms with Crippen LogP contribution in [0.1, 0.15) is 6.42 Å². The lowest BCUT2D eigenvalue weighted by Gasteiger charge is -2.38. The molecular formula is C19H21Cl2N3O2S. The maximum atomic E-state index is 12.7. The molecular weight excluding hydrogens is 405 g/mol. The first kappa shape index (κ1) is 19.1. The highest BCUT2D eigenvalue weighted by molar-refractivity contribution is 8.15. The van der Waals surface area contributed by atoms with Gasteiger partial charge < -0.3 is 9.80 Å². The number of carbonyl (C=O) groups excluding carboxylic acids is 2. The Morgan fingerprint density at radius 1 is 1.15 bits per heavy atom. The predicted octanol–water partition coefficient (Wildman–Crippen LogP) is 2.92. The molecule has 1 amide bonds. The normalized spacial score (nSPS) is 23.4. The molecule has 27 heavy (non-hydrogen) atoms. The van der Waals surface area contributed by atoms with E-state index in [1.165, 1.54) is 17.3 Å². The van der Waals surface area contributed by atoms with Gasteiger partial charge in [-0.2, -0.15) is 0 Å². The van der Waals surface area contributed by atoms with Crippen molar-refractivity contribution in [1.29, 1.82) is 0 Å². The van der Waals surface area contributed by atoms with E-state index < -0.39 is 0 Å². The van der Waals surface area contributed by atoms with Gasteiger partial charge in [0.1, 0.15) is 0 Å².